The molecule has 0 radical (unpaired) electrons. The number of carbonyl (C=O) groups excluding carboxylic acids is 1. The van der Waals surface area contributed by atoms with Crippen LogP contribution in [0.3, 0.4) is 0 Å². The molecule has 0 bridgehead atoms. The molecule has 1 aromatic carbocycles. The Kier molecular flexibility index (Phi) is 3.72. The minimum atomic E-state index is -0.0181. The van der Waals surface area contributed by atoms with Gasteiger partial charge in [-0.15, -0.1) is 0 Å². The average molecular weight is 250 g/mol. The van der Waals surface area contributed by atoms with Gasteiger partial charge < -0.3 is 20.1 Å². The number of fused-ring (bicyclic) bond motifs is 1. The van der Waals surface area contributed by atoms with E-state index in [1.165, 1.54) is 5.56 Å². The highest BCUT2D eigenvalue weighted by atomic mass is 16.5. The van der Waals surface area contributed by atoms with Crippen LogP contribution in [0.25, 0.3) is 0 Å². The van der Waals surface area contributed by atoms with Crippen LogP contribution in [0.2, 0.25) is 0 Å². The van der Waals surface area contributed by atoms with E-state index < -0.39 is 0 Å². The van der Waals surface area contributed by atoms with Crippen molar-refractivity contribution in [1.82, 2.24) is 4.90 Å². The lowest BCUT2D eigenvalue weighted by Gasteiger charge is -2.29. The predicted molar refractivity (Wildman–Crippen MR) is 67.7 cm³/mol. The van der Waals surface area contributed by atoms with Gasteiger partial charge >= 0.3 is 0 Å². The van der Waals surface area contributed by atoms with Gasteiger partial charge in [0, 0.05) is 13.1 Å². The van der Waals surface area contributed by atoms with Gasteiger partial charge in [0.25, 0.3) is 0 Å². The highest BCUT2D eigenvalue weighted by Crippen LogP contribution is 2.33. The van der Waals surface area contributed by atoms with Crippen molar-refractivity contribution < 1.29 is 14.3 Å². The molecule has 1 amide bonds. The van der Waals surface area contributed by atoms with E-state index in [0.29, 0.717) is 18.8 Å². The molecule has 0 atom stereocenters. The Bertz CT molecular complexity index is 460. The third-order valence-corrected chi connectivity index (χ3v) is 3.25. The first kappa shape index (κ1) is 12.7. The third-order valence-electron chi connectivity index (χ3n) is 3.25. The van der Waals surface area contributed by atoms with E-state index in [-0.39, 0.29) is 12.5 Å². The number of nitrogens with zero attached hydrogens (tertiary/aromatic N) is 1. The minimum Gasteiger partial charge on any atom is -0.493 e. The molecule has 1 heterocycles. The summed E-state index contributed by atoms with van der Waals surface area (Å²) in [6, 6.07) is 3.92. The standard InChI is InChI=1S/C13H18N2O3/c1-17-11-5-9-3-4-15(13(16)7-14)8-10(9)6-12(11)18-2/h5-6H,3-4,7-8,14H2,1-2H3. The zero-order chi connectivity index (χ0) is 13.1. The molecule has 18 heavy (non-hydrogen) atoms. The summed E-state index contributed by atoms with van der Waals surface area (Å²) in [6.07, 6.45) is 0.821. The van der Waals surface area contributed by atoms with Crippen LogP contribution in [0.15, 0.2) is 12.1 Å². The third kappa shape index (κ3) is 2.26. The minimum absolute atomic E-state index is 0.0181. The number of methoxy groups -OCH3 is 2. The Morgan fingerprint density at radius 2 is 1.89 bits per heavy atom. The molecule has 0 saturated heterocycles. The fraction of sp³-hybridized carbons (Fsp3) is 0.462. The lowest BCUT2D eigenvalue weighted by molar-refractivity contribution is -0.130. The van der Waals surface area contributed by atoms with E-state index in [0.717, 1.165) is 17.7 Å². The number of ether oxygens (including phenoxy) is 2. The molecule has 1 aromatic rings. The van der Waals surface area contributed by atoms with Crippen molar-refractivity contribution in [2.24, 2.45) is 5.73 Å². The molecule has 5 nitrogen and oxygen atoms in total. The van der Waals surface area contributed by atoms with Crippen molar-refractivity contribution in [3.05, 3.63) is 23.3 Å². The van der Waals surface area contributed by atoms with Crippen molar-refractivity contribution >= 4 is 5.91 Å². The van der Waals surface area contributed by atoms with E-state index >= 15 is 0 Å². The van der Waals surface area contributed by atoms with E-state index in [9.17, 15) is 4.79 Å². The Labute approximate surface area is 106 Å². The van der Waals surface area contributed by atoms with Crippen LogP contribution >= 0.6 is 0 Å². The van der Waals surface area contributed by atoms with E-state index in [4.69, 9.17) is 15.2 Å². The summed E-state index contributed by atoms with van der Waals surface area (Å²) in [6.45, 7) is 1.35. The molecule has 2 rings (SSSR count). The lowest BCUT2D eigenvalue weighted by Crippen LogP contribution is -2.39. The lowest BCUT2D eigenvalue weighted by atomic mass is 9.98. The molecular formula is C13H18N2O3. The molecule has 0 unspecified atom stereocenters. The van der Waals surface area contributed by atoms with Gasteiger partial charge in [0.2, 0.25) is 5.91 Å². The summed E-state index contributed by atoms with van der Waals surface area (Å²) < 4.78 is 10.5. The van der Waals surface area contributed by atoms with Crippen LogP contribution in [-0.2, 0) is 17.8 Å². The number of amides is 1. The van der Waals surface area contributed by atoms with E-state index in [1.807, 2.05) is 12.1 Å². The Morgan fingerprint density at radius 3 is 2.44 bits per heavy atom. The van der Waals surface area contributed by atoms with Gasteiger partial charge in [-0.05, 0) is 29.7 Å². The van der Waals surface area contributed by atoms with Gasteiger partial charge in [-0.2, -0.15) is 0 Å². The molecular weight excluding hydrogens is 232 g/mol. The summed E-state index contributed by atoms with van der Waals surface area (Å²) in [7, 11) is 3.23. The topological polar surface area (TPSA) is 64.8 Å². The van der Waals surface area contributed by atoms with Gasteiger partial charge in [-0.1, -0.05) is 0 Å². The summed E-state index contributed by atoms with van der Waals surface area (Å²) in [5.74, 6) is 1.41. The molecule has 0 spiro atoms. The average Bonchev–Trinajstić information content (AvgIpc) is 2.44. The Morgan fingerprint density at radius 1 is 1.28 bits per heavy atom. The molecule has 5 heteroatoms. The van der Waals surface area contributed by atoms with Crippen LogP contribution in [0.4, 0.5) is 0 Å². The zero-order valence-corrected chi connectivity index (χ0v) is 10.7. The van der Waals surface area contributed by atoms with Gasteiger partial charge in [0.15, 0.2) is 11.5 Å². The summed E-state index contributed by atoms with van der Waals surface area (Å²) in [4.78, 5) is 13.4. The van der Waals surface area contributed by atoms with E-state index in [1.54, 1.807) is 19.1 Å². The molecule has 0 aliphatic carbocycles. The summed E-state index contributed by atoms with van der Waals surface area (Å²) in [5.41, 5.74) is 7.69. The normalized spacial score (nSPS) is 14.1. The maximum absolute atomic E-state index is 11.6. The number of hydrogen-bond donors (Lipinski definition) is 1. The SMILES string of the molecule is COc1cc2c(cc1OC)CN(C(=O)CN)CC2. The summed E-state index contributed by atoms with van der Waals surface area (Å²) >= 11 is 0. The van der Waals surface area contributed by atoms with Crippen LogP contribution < -0.4 is 15.2 Å². The Hall–Kier alpha value is -1.75. The fourth-order valence-corrected chi connectivity index (χ4v) is 2.23. The second-order valence-corrected chi connectivity index (χ2v) is 4.25. The van der Waals surface area contributed by atoms with Crippen LogP contribution in [0.1, 0.15) is 11.1 Å². The first-order valence-corrected chi connectivity index (χ1v) is 5.91. The highest BCUT2D eigenvalue weighted by Gasteiger charge is 2.21. The van der Waals surface area contributed by atoms with Crippen molar-refractivity contribution in [2.75, 3.05) is 27.3 Å². The number of benzene rings is 1. The molecule has 1 aliphatic rings. The van der Waals surface area contributed by atoms with E-state index in [2.05, 4.69) is 0 Å². The highest BCUT2D eigenvalue weighted by molar-refractivity contribution is 5.78. The molecule has 98 valence electrons. The van der Waals surface area contributed by atoms with Gasteiger partial charge in [0.1, 0.15) is 0 Å². The number of rotatable bonds is 3. The molecule has 0 fully saturated rings. The van der Waals surface area contributed by atoms with Crippen molar-refractivity contribution in [3.63, 3.8) is 0 Å². The monoisotopic (exact) mass is 250 g/mol. The first-order chi connectivity index (χ1) is 8.69. The van der Waals surface area contributed by atoms with Gasteiger partial charge in [-0.25, -0.2) is 0 Å². The number of hydrogen-bond acceptors (Lipinski definition) is 4. The largest absolute Gasteiger partial charge is 0.493 e. The van der Waals surface area contributed by atoms with Crippen LogP contribution in [0.5, 0.6) is 11.5 Å². The second-order valence-electron chi connectivity index (χ2n) is 4.25. The van der Waals surface area contributed by atoms with Gasteiger partial charge in [-0.3, -0.25) is 4.79 Å². The molecule has 2 N–H and O–H groups in total. The zero-order valence-electron chi connectivity index (χ0n) is 10.7. The quantitative estimate of drug-likeness (QED) is 0.850. The maximum Gasteiger partial charge on any atom is 0.236 e. The molecule has 0 saturated carbocycles. The number of nitrogens with two attached hydrogens (primary N) is 1. The van der Waals surface area contributed by atoms with Crippen molar-refractivity contribution in [2.45, 2.75) is 13.0 Å². The number of carbonyl (C=O) groups is 1. The second kappa shape index (κ2) is 5.27. The van der Waals surface area contributed by atoms with Crippen molar-refractivity contribution in [3.8, 4) is 11.5 Å². The maximum atomic E-state index is 11.6. The molecule has 1 aliphatic heterocycles. The molecule has 0 aromatic heterocycles. The first-order valence-electron chi connectivity index (χ1n) is 5.91. The summed E-state index contributed by atoms with van der Waals surface area (Å²) in [5, 5.41) is 0. The Balaban J connectivity index is 2.29. The van der Waals surface area contributed by atoms with Crippen molar-refractivity contribution in [1.29, 1.82) is 0 Å². The van der Waals surface area contributed by atoms with Gasteiger partial charge in [0.05, 0.1) is 20.8 Å². The van der Waals surface area contributed by atoms with Crippen LogP contribution in [-0.4, -0.2) is 38.1 Å². The van der Waals surface area contributed by atoms with Crippen LogP contribution in [0, 0.1) is 0 Å². The predicted octanol–water partition coefficient (Wildman–Crippen LogP) is 0.547. The smallest absolute Gasteiger partial charge is 0.236 e. The fourth-order valence-electron chi connectivity index (χ4n) is 2.23.